The molecule has 17 heavy (non-hydrogen) atoms. The summed E-state index contributed by atoms with van der Waals surface area (Å²) in [6.07, 6.45) is 11.8. The number of fused-ring (bicyclic) bond motifs is 1. The first kappa shape index (κ1) is 12.0. The summed E-state index contributed by atoms with van der Waals surface area (Å²) in [6, 6.07) is 2.69. The minimum Gasteiger partial charge on any atom is -0.314 e. The fourth-order valence-electron chi connectivity index (χ4n) is 4.63. The Morgan fingerprint density at radius 3 is 2.82 bits per heavy atom. The van der Waals surface area contributed by atoms with E-state index in [-0.39, 0.29) is 0 Å². The Morgan fingerprint density at radius 1 is 1.06 bits per heavy atom. The quantitative estimate of drug-likeness (QED) is 0.810. The van der Waals surface area contributed by atoms with Crippen LogP contribution in [0.5, 0.6) is 0 Å². The molecule has 2 heteroatoms. The van der Waals surface area contributed by atoms with E-state index in [2.05, 4.69) is 17.1 Å². The van der Waals surface area contributed by atoms with Crippen LogP contribution < -0.4 is 5.32 Å². The Bertz CT molecular complexity index is 253. The first-order chi connectivity index (χ1) is 8.38. The van der Waals surface area contributed by atoms with Gasteiger partial charge in [0.25, 0.3) is 0 Å². The molecule has 2 saturated carbocycles. The van der Waals surface area contributed by atoms with Crippen LogP contribution in [-0.4, -0.2) is 36.1 Å². The second-order valence-corrected chi connectivity index (χ2v) is 6.36. The predicted octanol–water partition coefficient (Wildman–Crippen LogP) is 2.78. The zero-order valence-corrected chi connectivity index (χ0v) is 11.3. The molecule has 4 atom stereocenters. The van der Waals surface area contributed by atoms with Crippen molar-refractivity contribution in [2.75, 3.05) is 13.1 Å². The second kappa shape index (κ2) is 5.27. The highest BCUT2D eigenvalue weighted by Gasteiger charge is 2.40. The molecule has 0 spiro atoms. The molecule has 0 aromatic carbocycles. The van der Waals surface area contributed by atoms with Crippen LogP contribution in [0.4, 0.5) is 0 Å². The van der Waals surface area contributed by atoms with E-state index in [0.717, 1.165) is 30.6 Å². The fraction of sp³-hybridized carbons (Fsp3) is 1.00. The molecule has 1 N–H and O–H groups in total. The average Bonchev–Trinajstić information content (AvgIpc) is 2.95. The monoisotopic (exact) mass is 236 g/mol. The number of hydrogen-bond acceptors (Lipinski definition) is 2. The Balaban J connectivity index is 1.58. The molecule has 0 aromatic rings. The summed E-state index contributed by atoms with van der Waals surface area (Å²) in [5.41, 5.74) is 0. The van der Waals surface area contributed by atoms with Crippen molar-refractivity contribution in [2.24, 2.45) is 5.92 Å². The van der Waals surface area contributed by atoms with Crippen LogP contribution >= 0.6 is 0 Å². The topological polar surface area (TPSA) is 15.3 Å². The van der Waals surface area contributed by atoms with Crippen molar-refractivity contribution in [3.05, 3.63) is 0 Å². The van der Waals surface area contributed by atoms with E-state index in [9.17, 15) is 0 Å². The van der Waals surface area contributed by atoms with Gasteiger partial charge >= 0.3 is 0 Å². The van der Waals surface area contributed by atoms with Gasteiger partial charge in [-0.3, -0.25) is 4.90 Å². The molecule has 0 bridgehead atoms. The van der Waals surface area contributed by atoms with Gasteiger partial charge in [0.05, 0.1) is 0 Å². The van der Waals surface area contributed by atoms with Crippen molar-refractivity contribution >= 4 is 0 Å². The van der Waals surface area contributed by atoms with Crippen LogP contribution in [0.25, 0.3) is 0 Å². The van der Waals surface area contributed by atoms with E-state index >= 15 is 0 Å². The third-order valence-corrected chi connectivity index (χ3v) is 5.42. The van der Waals surface area contributed by atoms with Crippen molar-refractivity contribution in [1.82, 2.24) is 10.2 Å². The van der Waals surface area contributed by atoms with E-state index in [4.69, 9.17) is 0 Å². The van der Waals surface area contributed by atoms with Crippen molar-refractivity contribution < 1.29 is 0 Å². The maximum absolute atomic E-state index is 3.64. The lowest BCUT2D eigenvalue weighted by Crippen LogP contribution is -2.41. The lowest BCUT2D eigenvalue weighted by Gasteiger charge is -2.35. The SMILES string of the molecule is CCNC1CCC(N2CCC3CCCCC32)C1. The second-order valence-electron chi connectivity index (χ2n) is 6.36. The Kier molecular flexibility index (Phi) is 3.72. The largest absolute Gasteiger partial charge is 0.314 e. The lowest BCUT2D eigenvalue weighted by molar-refractivity contribution is 0.132. The third-order valence-electron chi connectivity index (χ3n) is 5.42. The standard InChI is InChI=1S/C15H28N2/c1-2-16-13-7-8-14(11-13)17-10-9-12-5-3-4-6-15(12)17/h12-16H,2-11H2,1H3. The van der Waals surface area contributed by atoms with Gasteiger partial charge < -0.3 is 5.32 Å². The van der Waals surface area contributed by atoms with Crippen LogP contribution in [0, 0.1) is 5.92 Å². The summed E-state index contributed by atoms with van der Waals surface area (Å²) >= 11 is 0. The summed E-state index contributed by atoms with van der Waals surface area (Å²) < 4.78 is 0. The fourth-order valence-corrected chi connectivity index (χ4v) is 4.63. The molecular formula is C15H28N2. The highest BCUT2D eigenvalue weighted by Crippen LogP contribution is 2.40. The van der Waals surface area contributed by atoms with E-state index in [1.165, 1.54) is 57.9 Å². The molecule has 1 heterocycles. The van der Waals surface area contributed by atoms with Gasteiger partial charge in [-0.2, -0.15) is 0 Å². The van der Waals surface area contributed by atoms with Crippen LogP contribution in [0.2, 0.25) is 0 Å². The van der Waals surface area contributed by atoms with Gasteiger partial charge in [-0.15, -0.1) is 0 Å². The molecule has 2 nitrogen and oxygen atoms in total. The van der Waals surface area contributed by atoms with E-state index in [0.29, 0.717) is 0 Å². The number of nitrogens with one attached hydrogen (secondary N) is 1. The molecule has 0 radical (unpaired) electrons. The van der Waals surface area contributed by atoms with Gasteiger partial charge in [-0.25, -0.2) is 0 Å². The zero-order chi connectivity index (χ0) is 11.7. The first-order valence-electron chi connectivity index (χ1n) is 7.87. The summed E-state index contributed by atoms with van der Waals surface area (Å²) in [5, 5.41) is 3.64. The van der Waals surface area contributed by atoms with Gasteiger partial charge in [-0.05, 0) is 57.5 Å². The van der Waals surface area contributed by atoms with E-state index in [1.807, 2.05) is 0 Å². The number of likely N-dealkylation sites (tertiary alicyclic amines) is 1. The summed E-state index contributed by atoms with van der Waals surface area (Å²) in [5.74, 6) is 1.06. The number of rotatable bonds is 3. The van der Waals surface area contributed by atoms with Gasteiger partial charge in [0.15, 0.2) is 0 Å². The molecule has 3 aliphatic rings. The van der Waals surface area contributed by atoms with Crippen molar-refractivity contribution in [3.63, 3.8) is 0 Å². The number of nitrogens with zero attached hydrogens (tertiary/aromatic N) is 1. The molecule has 98 valence electrons. The molecule has 4 unspecified atom stereocenters. The first-order valence-corrected chi connectivity index (χ1v) is 7.87. The Morgan fingerprint density at radius 2 is 1.94 bits per heavy atom. The average molecular weight is 236 g/mol. The Hall–Kier alpha value is -0.0800. The predicted molar refractivity (Wildman–Crippen MR) is 72.2 cm³/mol. The van der Waals surface area contributed by atoms with Gasteiger partial charge in [-0.1, -0.05) is 19.8 Å². The zero-order valence-electron chi connectivity index (χ0n) is 11.3. The van der Waals surface area contributed by atoms with Gasteiger partial charge in [0.1, 0.15) is 0 Å². The van der Waals surface area contributed by atoms with Crippen molar-refractivity contribution in [2.45, 2.75) is 76.4 Å². The van der Waals surface area contributed by atoms with E-state index < -0.39 is 0 Å². The molecule has 0 amide bonds. The molecule has 1 saturated heterocycles. The summed E-state index contributed by atoms with van der Waals surface area (Å²) in [6.45, 7) is 4.78. The van der Waals surface area contributed by atoms with Crippen LogP contribution in [0.15, 0.2) is 0 Å². The summed E-state index contributed by atoms with van der Waals surface area (Å²) in [4.78, 5) is 2.90. The maximum atomic E-state index is 3.64. The van der Waals surface area contributed by atoms with Gasteiger partial charge in [0.2, 0.25) is 0 Å². The van der Waals surface area contributed by atoms with Crippen molar-refractivity contribution in [3.8, 4) is 0 Å². The normalized spacial score (nSPS) is 42.9. The highest BCUT2D eigenvalue weighted by atomic mass is 15.2. The minimum atomic E-state index is 0.813. The molecule has 3 rings (SSSR count). The molecule has 3 fully saturated rings. The van der Waals surface area contributed by atoms with Gasteiger partial charge in [0, 0.05) is 18.1 Å². The van der Waals surface area contributed by atoms with Crippen molar-refractivity contribution in [1.29, 1.82) is 0 Å². The minimum absolute atomic E-state index is 0.813. The lowest BCUT2D eigenvalue weighted by atomic mass is 9.85. The molecule has 2 aliphatic carbocycles. The van der Waals surface area contributed by atoms with Crippen LogP contribution in [0.1, 0.15) is 58.3 Å². The Labute approximate surface area is 106 Å². The van der Waals surface area contributed by atoms with Crippen LogP contribution in [-0.2, 0) is 0 Å². The van der Waals surface area contributed by atoms with E-state index in [1.54, 1.807) is 0 Å². The highest BCUT2D eigenvalue weighted by molar-refractivity contribution is 4.96. The summed E-state index contributed by atoms with van der Waals surface area (Å²) in [7, 11) is 0. The number of hydrogen-bond donors (Lipinski definition) is 1. The third kappa shape index (κ3) is 2.39. The molecule has 0 aromatic heterocycles. The smallest absolute Gasteiger partial charge is 0.0127 e. The maximum Gasteiger partial charge on any atom is 0.0127 e. The van der Waals surface area contributed by atoms with Crippen LogP contribution in [0.3, 0.4) is 0 Å². The molecular weight excluding hydrogens is 208 g/mol. The molecule has 1 aliphatic heterocycles.